The molecule has 0 fully saturated rings. The first-order valence-electron chi connectivity index (χ1n) is 6.53. The molecule has 0 N–H and O–H groups in total. The van der Waals surface area contributed by atoms with Gasteiger partial charge in [-0.3, -0.25) is 4.98 Å². The van der Waals surface area contributed by atoms with Crippen LogP contribution in [0, 0.1) is 0 Å². The van der Waals surface area contributed by atoms with E-state index in [-0.39, 0.29) is 4.83 Å². The lowest BCUT2D eigenvalue weighted by Crippen LogP contribution is -2.02. The molecule has 1 aromatic carbocycles. The predicted molar refractivity (Wildman–Crippen MR) is 85.7 cm³/mol. The van der Waals surface area contributed by atoms with Gasteiger partial charge in [0.05, 0.1) is 21.3 Å². The second kappa shape index (κ2) is 7.31. The number of methoxy groups -OCH3 is 3. The van der Waals surface area contributed by atoms with Crippen LogP contribution in [0.15, 0.2) is 36.7 Å². The van der Waals surface area contributed by atoms with Crippen LogP contribution in [0.1, 0.15) is 16.0 Å². The van der Waals surface area contributed by atoms with Crippen molar-refractivity contribution in [3.63, 3.8) is 0 Å². The van der Waals surface area contributed by atoms with Gasteiger partial charge < -0.3 is 14.2 Å². The topological polar surface area (TPSA) is 40.6 Å². The minimum atomic E-state index is 0.106. The predicted octanol–water partition coefficient (Wildman–Crippen LogP) is 3.79. The molecule has 0 amide bonds. The Bertz CT molecular complexity index is 590. The summed E-state index contributed by atoms with van der Waals surface area (Å²) in [5.74, 6) is 1.95. The summed E-state index contributed by atoms with van der Waals surface area (Å²) in [6, 6.07) is 7.88. The van der Waals surface area contributed by atoms with Crippen molar-refractivity contribution in [2.45, 2.75) is 11.2 Å². The zero-order valence-corrected chi connectivity index (χ0v) is 13.9. The number of aromatic nitrogens is 1. The van der Waals surface area contributed by atoms with E-state index in [4.69, 9.17) is 14.2 Å². The summed E-state index contributed by atoms with van der Waals surface area (Å²) in [6.07, 6.45) is 4.41. The Morgan fingerprint density at radius 2 is 1.62 bits per heavy atom. The Kier molecular flexibility index (Phi) is 5.44. The lowest BCUT2D eigenvalue weighted by Gasteiger charge is -2.18. The highest BCUT2D eigenvalue weighted by Gasteiger charge is 2.20. The van der Waals surface area contributed by atoms with Crippen LogP contribution in [0.4, 0.5) is 0 Å². The van der Waals surface area contributed by atoms with Gasteiger partial charge in [0, 0.05) is 22.8 Å². The molecule has 0 bridgehead atoms. The Morgan fingerprint density at radius 1 is 0.952 bits per heavy atom. The van der Waals surface area contributed by atoms with Crippen LogP contribution in [0.2, 0.25) is 0 Å². The van der Waals surface area contributed by atoms with Gasteiger partial charge >= 0.3 is 0 Å². The van der Waals surface area contributed by atoms with Crippen molar-refractivity contribution in [2.75, 3.05) is 21.3 Å². The molecule has 1 unspecified atom stereocenters. The Hall–Kier alpha value is -1.75. The zero-order chi connectivity index (χ0) is 15.2. The summed E-state index contributed by atoms with van der Waals surface area (Å²) < 4.78 is 16.2. The molecule has 2 rings (SSSR count). The molecule has 0 radical (unpaired) electrons. The fourth-order valence-electron chi connectivity index (χ4n) is 2.21. The largest absolute Gasteiger partial charge is 0.493 e. The fourth-order valence-corrected chi connectivity index (χ4v) is 2.94. The molecule has 0 saturated heterocycles. The van der Waals surface area contributed by atoms with Gasteiger partial charge in [0.2, 0.25) is 5.75 Å². The smallest absolute Gasteiger partial charge is 0.203 e. The number of pyridine rings is 1. The summed E-state index contributed by atoms with van der Waals surface area (Å²) in [5.41, 5.74) is 2.22. The number of alkyl halides is 1. The van der Waals surface area contributed by atoms with E-state index in [9.17, 15) is 0 Å². The van der Waals surface area contributed by atoms with E-state index in [0.29, 0.717) is 17.2 Å². The molecular formula is C16H18BrNO3. The number of benzene rings is 1. The van der Waals surface area contributed by atoms with Gasteiger partial charge in [-0.1, -0.05) is 22.0 Å². The van der Waals surface area contributed by atoms with Crippen molar-refractivity contribution in [1.82, 2.24) is 4.98 Å². The molecular weight excluding hydrogens is 334 g/mol. The maximum absolute atomic E-state index is 5.52. The van der Waals surface area contributed by atoms with Crippen molar-refractivity contribution >= 4 is 15.9 Å². The minimum absolute atomic E-state index is 0.106. The van der Waals surface area contributed by atoms with Crippen LogP contribution < -0.4 is 14.2 Å². The molecule has 4 nitrogen and oxygen atoms in total. The van der Waals surface area contributed by atoms with Gasteiger partial charge in [0.25, 0.3) is 0 Å². The van der Waals surface area contributed by atoms with Gasteiger partial charge in [-0.25, -0.2) is 0 Å². The van der Waals surface area contributed by atoms with Crippen molar-refractivity contribution in [3.8, 4) is 17.2 Å². The Morgan fingerprint density at radius 3 is 2.19 bits per heavy atom. The van der Waals surface area contributed by atoms with Gasteiger partial charge in [-0.05, 0) is 30.2 Å². The van der Waals surface area contributed by atoms with Gasteiger partial charge in [0.15, 0.2) is 11.5 Å². The number of ether oxygens (including phenoxy) is 3. The van der Waals surface area contributed by atoms with Gasteiger partial charge in [-0.2, -0.15) is 0 Å². The van der Waals surface area contributed by atoms with Gasteiger partial charge in [-0.15, -0.1) is 0 Å². The number of nitrogens with zero attached hydrogens (tertiary/aromatic N) is 1. The third-order valence-corrected chi connectivity index (χ3v) is 4.05. The van der Waals surface area contributed by atoms with Crippen LogP contribution in [-0.4, -0.2) is 26.3 Å². The van der Waals surface area contributed by atoms with Crippen LogP contribution in [0.25, 0.3) is 0 Å². The van der Waals surface area contributed by atoms with E-state index < -0.39 is 0 Å². The number of hydrogen-bond acceptors (Lipinski definition) is 4. The first-order chi connectivity index (χ1) is 10.2. The molecule has 0 spiro atoms. The van der Waals surface area contributed by atoms with Crippen molar-refractivity contribution in [2.24, 2.45) is 0 Å². The minimum Gasteiger partial charge on any atom is -0.493 e. The fraction of sp³-hybridized carbons (Fsp3) is 0.312. The van der Waals surface area contributed by atoms with Crippen molar-refractivity contribution in [3.05, 3.63) is 47.8 Å². The summed E-state index contributed by atoms with van der Waals surface area (Å²) in [7, 11) is 4.85. The van der Waals surface area contributed by atoms with Crippen LogP contribution in [0.5, 0.6) is 17.2 Å². The van der Waals surface area contributed by atoms with Crippen molar-refractivity contribution < 1.29 is 14.2 Å². The maximum atomic E-state index is 5.52. The lowest BCUT2D eigenvalue weighted by molar-refractivity contribution is 0.322. The highest BCUT2D eigenvalue weighted by atomic mass is 79.9. The molecule has 21 heavy (non-hydrogen) atoms. The van der Waals surface area contributed by atoms with Crippen LogP contribution >= 0.6 is 15.9 Å². The van der Waals surface area contributed by atoms with Gasteiger partial charge in [0.1, 0.15) is 0 Å². The normalized spacial score (nSPS) is 11.8. The first kappa shape index (κ1) is 15.6. The highest BCUT2D eigenvalue weighted by Crippen LogP contribution is 2.44. The Balaban J connectivity index is 2.34. The van der Waals surface area contributed by atoms with E-state index in [0.717, 1.165) is 12.0 Å². The molecule has 1 aromatic heterocycles. The second-order valence-electron chi connectivity index (χ2n) is 4.45. The molecule has 1 atom stereocenters. The highest BCUT2D eigenvalue weighted by molar-refractivity contribution is 9.09. The number of hydrogen-bond donors (Lipinski definition) is 0. The average Bonchev–Trinajstić information content (AvgIpc) is 2.53. The molecule has 0 aliphatic heterocycles. The molecule has 0 saturated carbocycles. The summed E-state index contributed by atoms with van der Waals surface area (Å²) in [6.45, 7) is 0. The lowest BCUT2D eigenvalue weighted by atomic mass is 10.0. The molecule has 112 valence electrons. The average molecular weight is 352 g/mol. The van der Waals surface area contributed by atoms with Crippen LogP contribution in [0.3, 0.4) is 0 Å². The standard InChI is InChI=1S/C16H18BrNO3/c1-19-14-5-4-12(15(20-2)16(14)21-3)13(17)10-11-6-8-18-9-7-11/h4-9,13H,10H2,1-3H3. The second-order valence-corrected chi connectivity index (χ2v) is 5.56. The first-order valence-corrected chi connectivity index (χ1v) is 7.44. The summed E-state index contributed by atoms with van der Waals surface area (Å²) >= 11 is 3.73. The molecule has 0 aliphatic carbocycles. The van der Waals surface area contributed by atoms with Crippen LogP contribution in [-0.2, 0) is 6.42 Å². The van der Waals surface area contributed by atoms with E-state index in [1.54, 1.807) is 33.7 Å². The molecule has 5 heteroatoms. The quantitative estimate of drug-likeness (QED) is 0.742. The van der Waals surface area contributed by atoms with E-state index in [1.165, 1.54) is 5.56 Å². The van der Waals surface area contributed by atoms with Crippen molar-refractivity contribution in [1.29, 1.82) is 0 Å². The summed E-state index contributed by atoms with van der Waals surface area (Å²) in [5, 5.41) is 0. The molecule has 0 aliphatic rings. The van der Waals surface area contributed by atoms with E-state index in [2.05, 4.69) is 20.9 Å². The summed E-state index contributed by atoms with van der Waals surface area (Å²) in [4.78, 5) is 4.14. The zero-order valence-electron chi connectivity index (χ0n) is 12.3. The van der Waals surface area contributed by atoms with E-state index in [1.807, 2.05) is 24.3 Å². The maximum Gasteiger partial charge on any atom is 0.203 e. The molecule has 2 aromatic rings. The monoisotopic (exact) mass is 351 g/mol. The van der Waals surface area contributed by atoms with E-state index >= 15 is 0 Å². The third kappa shape index (κ3) is 3.47. The number of rotatable bonds is 6. The SMILES string of the molecule is COc1ccc(C(Br)Cc2ccncc2)c(OC)c1OC. The third-order valence-electron chi connectivity index (χ3n) is 3.24. The Labute approximate surface area is 133 Å². The number of halogens is 1. The molecule has 1 heterocycles.